The second-order valence-corrected chi connectivity index (χ2v) is 6.83. The third-order valence-corrected chi connectivity index (χ3v) is 4.74. The van der Waals surface area contributed by atoms with Gasteiger partial charge in [0.15, 0.2) is 0 Å². The largest absolute Gasteiger partial charge is 0.460 e. The molecule has 0 aromatic heterocycles. The maximum Gasteiger partial charge on any atom is 0.460 e. The quantitative estimate of drug-likeness (QED) is 0.686. The third-order valence-electron chi connectivity index (χ3n) is 3.45. The van der Waals surface area contributed by atoms with Crippen molar-refractivity contribution in [2.75, 3.05) is 0 Å². The zero-order valence-electron chi connectivity index (χ0n) is 12.2. The lowest BCUT2D eigenvalue weighted by Crippen LogP contribution is -2.63. The van der Waals surface area contributed by atoms with Crippen LogP contribution in [0.1, 0.15) is 11.1 Å². The fourth-order valence-electron chi connectivity index (χ4n) is 2.06. The zero-order valence-corrected chi connectivity index (χ0v) is 13.0. The van der Waals surface area contributed by atoms with Gasteiger partial charge in [0.05, 0.1) is 13.1 Å². The Morgan fingerprint density at radius 2 is 1.23 bits per heavy atom. The van der Waals surface area contributed by atoms with E-state index in [1.807, 2.05) is 0 Å². The van der Waals surface area contributed by atoms with Gasteiger partial charge in [-0.1, -0.05) is 24.3 Å². The molecule has 0 bridgehead atoms. The first-order valence-corrected chi connectivity index (χ1v) is 7.91. The summed E-state index contributed by atoms with van der Waals surface area (Å²) in [5.41, 5.74) is 0.719. The van der Waals surface area contributed by atoms with Gasteiger partial charge in [-0.15, -0.1) is 0 Å². The Morgan fingerprint density at radius 1 is 0.808 bits per heavy atom. The average Bonchev–Trinajstić information content (AvgIpc) is 2.86. The number of hydrogen-bond acceptors (Lipinski definition) is 4. The summed E-state index contributed by atoms with van der Waals surface area (Å²) in [6.07, 6.45) is -7.13. The highest BCUT2D eigenvalue weighted by atomic mass is 32.2. The van der Waals surface area contributed by atoms with Crippen molar-refractivity contribution in [3.05, 3.63) is 35.4 Å². The minimum atomic E-state index is -7.33. The molecule has 0 spiro atoms. The van der Waals surface area contributed by atoms with Crippen molar-refractivity contribution in [2.45, 2.75) is 36.4 Å². The molecule has 14 heteroatoms. The fraction of sp³-hybridized carbons (Fsp3) is 0.500. The van der Waals surface area contributed by atoms with Crippen LogP contribution >= 0.6 is 0 Å². The van der Waals surface area contributed by atoms with Crippen molar-refractivity contribution in [1.82, 2.24) is 5.06 Å². The molecule has 0 fully saturated rings. The van der Waals surface area contributed by atoms with Crippen LogP contribution in [0.2, 0.25) is 0 Å². The Labute approximate surface area is 140 Å². The second kappa shape index (κ2) is 5.99. The van der Waals surface area contributed by atoms with Gasteiger partial charge in [0, 0.05) is 0 Å². The highest BCUT2D eigenvalue weighted by molar-refractivity contribution is 7.87. The van der Waals surface area contributed by atoms with Crippen LogP contribution in [0, 0.1) is 0 Å². The zero-order chi connectivity index (χ0) is 20.2. The highest BCUT2D eigenvalue weighted by Crippen LogP contribution is 2.55. The maximum absolute atomic E-state index is 13.5. The summed E-state index contributed by atoms with van der Waals surface area (Å²) < 4.78 is 142. The van der Waals surface area contributed by atoms with Gasteiger partial charge in [0.25, 0.3) is 0 Å². The third kappa shape index (κ3) is 3.03. The van der Waals surface area contributed by atoms with Gasteiger partial charge in [-0.2, -0.15) is 57.3 Å². The van der Waals surface area contributed by atoms with E-state index >= 15 is 0 Å². The number of benzene rings is 1. The Hall–Kier alpha value is -1.54. The summed E-state index contributed by atoms with van der Waals surface area (Å²) in [5, 5.41) is -6.65. The maximum atomic E-state index is 13.5. The van der Waals surface area contributed by atoms with Crippen molar-refractivity contribution in [2.24, 2.45) is 0 Å². The highest BCUT2D eigenvalue weighted by Gasteiger charge is 2.86. The second-order valence-electron chi connectivity index (χ2n) is 5.26. The number of halogens is 9. The number of alkyl halides is 9. The van der Waals surface area contributed by atoms with E-state index < -0.39 is 46.5 Å². The number of nitrogens with zero attached hydrogens (tertiary/aromatic N) is 1. The van der Waals surface area contributed by atoms with E-state index in [2.05, 4.69) is 4.28 Å². The summed E-state index contributed by atoms with van der Waals surface area (Å²) in [6.45, 7) is -0.987. The van der Waals surface area contributed by atoms with E-state index in [0.717, 1.165) is 0 Å². The Bertz CT molecular complexity index is 766. The molecule has 0 atom stereocenters. The van der Waals surface area contributed by atoms with Crippen LogP contribution in [0.4, 0.5) is 39.5 Å². The van der Waals surface area contributed by atoms with Gasteiger partial charge in [-0.3, -0.25) is 0 Å². The lowest BCUT2D eigenvalue weighted by molar-refractivity contribution is -0.383. The molecule has 148 valence electrons. The molecule has 0 saturated heterocycles. The van der Waals surface area contributed by atoms with E-state index in [-0.39, 0.29) is 5.06 Å². The average molecular weight is 417 g/mol. The number of hydrogen-bond donors (Lipinski definition) is 0. The van der Waals surface area contributed by atoms with Crippen molar-refractivity contribution < 1.29 is 52.2 Å². The Balaban J connectivity index is 2.30. The number of rotatable bonds is 5. The van der Waals surface area contributed by atoms with Gasteiger partial charge in [0.2, 0.25) is 0 Å². The molecule has 0 unspecified atom stereocenters. The van der Waals surface area contributed by atoms with Crippen LogP contribution in [0.15, 0.2) is 24.3 Å². The standard InChI is InChI=1S/C12H8F9NO3S/c13-9(14,11(17,18)19)10(15,16)12(20,21)26(23,24)25-22-5-7-3-1-2-4-8(7)6-22/h1-4H,5-6H2. The summed E-state index contributed by atoms with van der Waals surface area (Å²) >= 11 is 0. The van der Waals surface area contributed by atoms with E-state index in [4.69, 9.17) is 0 Å². The molecule has 0 N–H and O–H groups in total. The number of hydroxylamine groups is 2. The molecule has 1 heterocycles. The predicted octanol–water partition coefficient (Wildman–Crippen LogP) is 3.69. The number of fused-ring (bicyclic) bond motifs is 1. The van der Waals surface area contributed by atoms with Gasteiger partial charge in [0.1, 0.15) is 0 Å². The van der Waals surface area contributed by atoms with E-state index in [9.17, 15) is 47.9 Å². The summed E-state index contributed by atoms with van der Waals surface area (Å²) in [6, 6.07) is 5.78. The van der Waals surface area contributed by atoms with Gasteiger partial charge >= 0.3 is 33.4 Å². The van der Waals surface area contributed by atoms with Crippen LogP contribution in [0.5, 0.6) is 0 Å². The van der Waals surface area contributed by atoms with Crippen LogP contribution in [-0.2, 0) is 27.5 Å². The first kappa shape index (κ1) is 20.8. The van der Waals surface area contributed by atoms with E-state index in [1.54, 1.807) is 0 Å². The van der Waals surface area contributed by atoms with Gasteiger partial charge < -0.3 is 0 Å². The van der Waals surface area contributed by atoms with E-state index in [0.29, 0.717) is 11.1 Å². The monoisotopic (exact) mass is 417 g/mol. The molecular weight excluding hydrogens is 409 g/mol. The van der Waals surface area contributed by atoms with Crippen LogP contribution < -0.4 is 0 Å². The smallest absolute Gasteiger partial charge is 0.191 e. The molecule has 0 radical (unpaired) electrons. The molecule has 1 aromatic carbocycles. The molecule has 0 aliphatic carbocycles. The first-order valence-electron chi connectivity index (χ1n) is 6.50. The Kier molecular flexibility index (Phi) is 4.78. The summed E-state index contributed by atoms with van der Waals surface area (Å²) in [5.74, 6) is -14.6. The summed E-state index contributed by atoms with van der Waals surface area (Å²) in [4.78, 5) is 0. The molecule has 1 aromatic rings. The Morgan fingerprint density at radius 3 is 1.62 bits per heavy atom. The van der Waals surface area contributed by atoms with Crippen LogP contribution in [0.25, 0.3) is 0 Å². The van der Waals surface area contributed by atoms with E-state index in [1.165, 1.54) is 24.3 Å². The molecule has 1 aliphatic heterocycles. The van der Waals surface area contributed by atoms with Gasteiger partial charge in [-0.05, 0) is 11.1 Å². The minimum Gasteiger partial charge on any atom is -0.191 e. The van der Waals surface area contributed by atoms with Gasteiger partial charge in [-0.25, -0.2) is 0 Å². The lowest BCUT2D eigenvalue weighted by atomic mass is 10.1. The molecule has 26 heavy (non-hydrogen) atoms. The SMILES string of the molecule is O=S(=O)(ON1Cc2ccccc2C1)C(F)(F)C(F)(F)C(F)(F)C(F)(F)F. The first-order chi connectivity index (χ1) is 11.5. The van der Waals surface area contributed by atoms with Crippen molar-refractivity contribution in [1.29, 1.82) is 0 Å². The predicted molar refractivity (Wildman–Crippen MR) is 66.6 cm³/mol. The van der Waals surface area contributed by atoms with Crippen molar-refractivity contribution >= 4 is 10.1 Å². The van der Waals surface area contributed by atoms with Crippen molar-refractivity contribution in [3.8, 4) is 0 Å². The molecule has 0 saturated carbocycles. The topological polar surface area (TPSA) is 46.6 Å². The molecular formula is C12H8F9NO3S. The molecule has 4 nitrogen and oxygen atoms in total. The van der Waals surface area contributed by atoms with Crippen molar-refractivity contribution in [3.63, 3.8) is 0 Å². The minimum absolute atomic E-state index is 0.218. The van der Waals surface area contributed by atoms with Crippen LogP contribution in [0.3, 0.4) is 0 Å². The molecule has 2 rings (SSSR count). The lowest BCUT2D eigenvalue weighted by Gasteiger charge is -2.33. The normalized spacial score (nSPS) is 17.4. The fourth-order valence-corrected chi connectivity index (χ4v) is 2.98. The van der Waals surface area contributed by atoms with Crippen LogP contribution in [-0.4, -0.2) is 36.8 Å². The molecule has 1 aliphatic rings. The molecule has 0 amide bonds. The summed E-state index contributed by atoms with van der Waals surface area (Å²) in [7, 11) is -6.90.